The summed E-state index contributed by atoms with van der Waals surface area (Å²) in [7, 11) is 0. The molecule has 4 aromatic heterocycles. The van der Waals surface area contributed by atoms with Gasteiger partial charge < -0.3 is 19.9 Å². The maximum Gasteiger partial charge on any atom is 0.138 e. The zero-order valence-electron chi connectivity index (χ0n) is 20.8. The van der Waals surface area contributed by atoms with Gasteiger partial charge in [-0.25, -0.2) is 4.98 Å². The van der Waals surface area contributed by atoms with Crippen molar-refractivity contribution < 1.29 is 4.74 Å². The molecule has 7 rings (SSSR count). The van der Waals surface area contributed by atoms with Crippen LogP contribution in [0.15, 0.2) is 54.9 Å². The predicted octanol–water partition coefficient (Wildman–Crippen LogP) is 5.29. The van der Waals surface area contributed by atoms with Crippen LogP contribution in [0.4, 0.5) is 5.69 Å². The molecule has 0 unspecified atom stereocenters. The van der Waals surface area contributed by atoms with Crippen LogP contribution in [0.5, 0.6) is 5.75 Å². The first-order chi connectivity index (χ1) is 18.3. The van der Waals surface area contributed by atoms with Crippen molar-refractivity contribution in [2.24, 2.45) is 0 Å². The summed E-state index contributed by atoms with van der Waals surface area (Å²) in [6.07, 6.45) is 9.71. The SMILES string of the molecule is c1cc(N2CCCCC2)c2cc(-c3n[nH]c4ccc(-c5cncc(OC6CCNCC6)c5)nc34)[nH]c2c1. The first-order valence-electron chi connectivity index (χ1n) is 13.4. The molecule has 188 valence electrons. The highest BCUT2D eigenvalue weighted by atomic mass is 16.5. The van der Waals surface area contributed by atoms with Crippen molar-refractivity contribution in [3.8, 4) is 28.4 Å². The standard InChI is InChI=1S/C29H31N7O/c1-2-13-36(14-3-1)27-6-4-5-24-22(27)16-26(32-24)29-28-25(34-35-29)8-7-23(33-28)19-15-21(18-31-17-19)37-20-9-11-30-12-10-20/h4-8,15-18,20,30,32H,1-3,9-14H2,(H,34,35). The molecule has 8 nitrogen and oxygen atoms in total. The minimum atomic E-state index is 0.228. The molecule has 2 fully saturated rings. The summed E-state index contributed by atoms with van der Waals surface area (Å²) < 4.78 is 6.22. The number of piperidine rings is 2. The van der Waals surface area contributed by atoms with Gasteiger partial charge in [0.05, 0.1) is 23.1 Å². The lowest BCUT2D eigenvalue weighted by Gasteiger charge is -2.29. The lowest BCUT2D eigenvalue weighted by atomic mass is 10.1. The number of aromatic nitrogens is 5. The highest BCUT2D eigenvalue weighted by Crippen LogP contribution is 2.34. The Morgan fingerprint density at radius 1 is 0.919 bits per heavy atom. The van der Waals surface area contributed by atoms with Gasteiger partial charge in [-0.1, -0.05) is 6.07 Å². The normalized spacial score (nSPS) is 17.0. The van der Waals surface area contributed by atoms with Crippen molar-refractivity contribution in [3.05, 3.63) is 54.9 Å². The van der Waals surface area contributed by atoms with Gasteiger partial charge in [-0.05, 0) is 81.6 Å². The van der Waals surface area contributed by atoms with Crippen molar-refractivity contribution >= 4 is 27.6 Å². The molecule has 2 aliphatic rings. The van der Waals surface area contributed by atoms with Gasteiger partial charge in [0.15, 0.2) is 0 Å². The van der Waals surface area contributed by atoms with E-state index in [4.69, 9.17) is 9.72 Å². The third-order valence-electron chi connectivity index (χ3n) is 7.60. The van der Waals surface area contributed by atoms with E-state index in [1.165, 1.54) is 30.3 Å². The number of hydrogen-bond acceptors (Lipinski definition) is 6. The van der Waals surface area contributed by atoms with Gasteiger partial charge in [0.2, 0.25) is 0 Å². The molecule has 0 bridgehead atoms. The molecular formula is C29H31N7O. The van der Waals surface area contributed by atoms with Crippen LogP contribution in [0.25, 0.3) is 44.6 Å². The Morgan fingerprint density at radius 2 is 1.81 bits per heavy atom. The number of ether oxygens (including phenoxy) is 1. The van der Waals surface area contributed by atoms with Crippen LogP contribution in [0.1, 0.15) is 32.1 Å². The molecule has 3 N–H and O–H groups in total. The molecule has 6 heterocycles. The van der Waals surface area contributed by atoms with E-state index in [1.54, 1.807) is 6.20 Å². The van der Waals surface area contributed by atoms with Crippen LogP contribution in [0.2, 0.25) is 0 Å². The van der Waals surface area contributed by atoms with Crippen molar-refractivity contribution in [3.63, 3.8) is 0 Å². The Hall–Kier alpha value is -3.91. The molecule has 2 aliphatic heterocycles. The van der Waals surface area contributed by atoms with Gasteiger partial charge in [-0.3, -0.25) is 10.1 Å². The summed E-state index contributed by atoms with van der Waals surface area (Å²) >= 11 is 0. The fraction of sp³-hybridized carbons (Fsp3) is 0.345. The van der Waals surface area contributed by atoms with E-state index in [9.17, 15) is 0 Å². The molecule has 1 aromatic carbocycles. The van der Waals surface area contributed by atoms with E-state index in [0.717, 1.165) is 84.0 Å². The van der Waals surface area contributed by atoms with Crippen LogP contribution in [-0.4, -0.2) is 57.4 Å². The molecule has 0 saturated carbocycles. The number of nitrogens with one attached hydrogen (secondary N) is 3. The first-order valence-corrected chi connectivity index (χ1v) is 13.4. The van der Waals surface area contributed by atoms with E-state index in [2.05, 4.69) is 54.6 Å². The van der Waals surface area contributed by atoms with Crippen LogP contribution in [0.3, 0.4) is 0 Å². The van der Waals surface area contributed by atoms with Gasteiger partial charge in [0.1, 0.15) is 23.1 Å². The van der Waals surface area contributed by atoms with Crippen LogP contribution in [-0.2, 0) is 0 Å². The lowest BCUT2D eigenvalue weighted by molar-refractivity contribution is 0.162. The molecule has 5 aromatic rings. The number of anilines is 1. The Labute approximate surface area is 215 Å². The number of aromatic amines is 2. The third-order valence-corrected chi connectivity index (χ3v) is 7.60. The predicted molar refractivity (Wildman–Crippen MR) is 147 cm³/mol. The Balaban J connectivity index is 1.23. The first kappa shape index (κ1) is 22.3. The maximum absolute atomic E-state index is 6.22. The molecule has 0 amide bonds. The largest absolute Gasteiger partial charge is 0.489 e. The Bertz CT molecular complexity index is 1540. The highest BCUT2D eigenvalue weighted by Gasteiger charge is 2.19. The number of nitrogens with zero attached hydrogens (tertiary/aromatic N) is 4. The topological polar surface area (TPSA) is 94.8 Å². The number of pyridine rings is 2. The van der Waals surface area contributed by atoms with Gasteiger partial charge in [0, 0.05) is 41.4 Å². The summed E-state index contributed by atoms with van der Waals surface area (Å²) in [6.45, 7) is 4.22. The number of hydrogen-bond donors (Lipinski definition) is 3. The summed E-state index contributed by atoms with van der Waals surface area (Å²) in [5.74, 6) is 0.791. The van der Waals surface area contributed by atoms with Crippen molar-refractivity contribution in [1.29, 1.82) is 0 Å². The van der Waals surface area contributed by atoms with Gasteiger partial charge >= 0.3 is 0 Å². The summed E-state index contributed by atoms with van der Waals surface area (Å²) in [5.41, 5.74) is 7.75. The van der Waals surface area contributed by atoms with Crippen LogP contribution < -0.4 is 15.0 Å². The summed E-state index contributed by atoms with van der Waals surface area (Å²) in [6, 6.07) is 14.8. The van der Waals surface area contributed by atoms with E-state index < -0.39 is 0 Å². The molecule has 37 heavy (non-hydrogen) atoms. The molecule has 0 radical (unpaired) electrons. The van der Waals surface area contributed by atoms with Gasteiger partial charge in [-0.15, -0.1) is 0 Å². The molecule has 0 spiro atoms. The monoisotopic (exact) mass is 493 g/mol. The third kappa shape index (κ3) is 4.31. The molecule has 8 heteroatoms. The van der Waals surface area contributed by atoms with Crippen LogP contribution in [0, 0.1) is 0 Å². The van der Waals surface area contributed by atoms with E-state index in [-0.39, 0.29) is 6.10 Å². The van der Waals surface area contributed by atoms with Crippen molar-refractivity contribution in [2.45, 2.75) is 38.2 Å². The second-order valence-electron chi connectivity index (χ2n) is 10.1. The second kappa shape index (κ2) is 9.52. The fourth-order valence-corrected chi connectivity index (χ4v) is 5.65. The van der Waals surface area contributed by atoms with Gasteiger partial charge in [0.25, 0.3) is 0 Å². The fourth-order valence-electron chi connectivity index (χ4n) is 5.65. The van der Waals surface area contributed by atoms with E-state index in [0.29, 0.717) is 0 Å². The minimum Gasteiger partial charge on any atom is -0.489 e. The average molecular weight is 494 g/mol. The maximum atomic E-state index is 6.22. The molecule has 0 atom stereocenters. The van der Waals surface area contributed by atoms with Crippen molar-refractivity contribution in [2.75, 3.05) is 31.1 Å². The zero-order chi connectivity index (χ0) is 24.6. The van der Waals surface area contributed by atoms with E-state index >= 15 is 0 Å². The van der Waals surface area contributed by atoms with E-state index in [1.807, 2.05) is 24.4 Å². The number of benzene rings is 1. The Morgan fingerprint density at radius 3 is 2.70 bits per heavy atom. The number of fused-ring (bicyclic) bond motifs is 2. The quantitative estimate of drug-likeness (QED) is 0.308. The lowest BCUT2D eigenvalue weighted by Crippen LogP contribution is -2.34. The zero-order valence-corrected chi connectivity index (χ0v) is 20.8. The minimum absolute atomic E-state index is 0.228. The van der Waals surface area contributed by atoms with Crippen LogP contribution >= 0.6 is 0 Å². The molecule has 2 saturated heterocycles. The number of rotatable bonds is 5. The smallest absolute Gasteiger partial charge is 0.138 e. The van der Waals surface area contributed by atoms with Gasteiger partial charge in [-0.2, -0.15) is 5.10 Å². The van der Waals surface area contributed by atoms with Crippen molar-refractivity contribution in [1.82, 2.24) is 30.5 Å². The summed E-state index contributed by atoms with van der Waals surface area (Å²) in [4.78, 5) is 15.6. The second-order valence-corrected chi connectivity index (χ2v) is 10.1. The molecular weight excluding hydrogens is 462 g/mol. The average Bonchev–Trinajstić information content (AvgIpc) is 3.58. The number of H-pyrrole nitrogens is 2. The summed E-state index contributed by atoms with van der Waals surface area (Å²) in [5, 5.41) is 12.4. The Kier molecular flexibility index (Phi) is 5.74. The highest BCUT2D eigenvalue weighted by molar-refractivity contribution is 5.99. The molecule has 0 aliphatic carbocycles.